The Balaban J connectivity index is 2.47. The normalized spacial score (nSPS) is 10.6. The molecule has 0 N–H and O–H groups in total. The maximum absolute atomic E-state index is 12.0. The minimum absolute atomic E-state index is 0.0423. The van der Waals surface area contributed by atoms with Gasteiger partial charge >= 0.3 is 5.97 Å². The molecule has 6 heteroatoms. The van der Waals surface area contributed by atoms with E-state index in [0.29, 0.717) is 28.8 Å². The van der Waals surface area contributed by atoms with Crippen molar-refractivity contribution < 1.29 is 9.53 Å². The van der Waals surface area contributed by atoms with Crippen LogP contribution in [0.2, 0.25) is 0 Å². The van der Waals surface area contributed by atoms with Crippen LogP contribution in [0.1, 0.15) is 23.0 Å². The number of nitrogens with zero attached hydrogens (tertiary/aromatic N) is 2. The van der Waals surface area contributed by atoms with Crippen molar-refractivity contribution in [2.45, 2.75) is 20.4 Å². The lowest BCUT2D eigenvalue weighted by Gasteiger charge is -2.10. The van der Waals surface area contributed by atoms with Gasteiger partial charge in [0, 0.05) is 11.6 Å². The number of carbonyl (C=O) groups excluding carboxylic acids is 1. The summed E-state index contributed by atoms with van der Waals surface area (Å²) in [6, 6.07) is 4.90. The second-order valence-electron chi connectivity index (χ2n) is 4.54. The summed E-state index contributed by atoms with van der Waals surface area (Å²) in [5, 5.41) is 0.248. The maximum Gasteiger partial charge on any atom is 0.338 e. The third kappa shape index (κ3) is 3.13. The summed E-state index contributed by atoms with van der Waals surface area (Å²) < 4.78 is 6.60. The van der Waals surface area contributed by atoms with Crippen LogP contribution in [-0.4, -0.2) is 22.1 Å². The van der Waals surface area contributed by atoms with Gasteiger partial charge in [0.15, 0.2) is 0 Å². The van der Waals surface area contributed by atoms with E-state index in [1.54, 1.807) is 29.7 Å². The second kappa shape index (κ2) is 6.10. The van der Waals surface area contributed by atoms with Crippen molar-refractivity contribution in [1.29, 1.82) is 0 Å². The fourth-order valence-electron chi connectivity index (χ4n) is 2.04. The molecule has 0 bridgehead atoms. The molecular weight excluding hydrogens is 292 g/mol. The zero-order chi connectivity index (χ0) is 15.6. The van der Waals surface area contributed by atoms with Gasteiger partial charge in [-0.25, -0.2) is 9.78 Å². The molecular formula is C15H15ClN2O3. The topological polar surface area (TPSA) is 61.2 Å². The van der Waals surface area contributed by atoms with Crippen molar-refractivity contribution in [2.75, 3.05) is 6.61 Å². The Morgan fingerprint density at radius 2 is 2.19 bits per heavy atom. The number of hydrogen-bond acceptors (Lipinski definition) is 4. The lowest BCUT2D eigenvalue weighted by Crippen LogP contribution is -2.23. The van der Waals surface area contributed by atoms with Gasteiger partial charge in [0.05, 0.1) is 16.6 Å². The molecule has 5 nitrogen and oxygen atoms in total. The molecule has 0 aliphatic rings. The smallest absolute Gasteiger partial charge is 0.338 e. The first kappa shape index (κ1) is 15.3. The third-order valence-corrected chi connectivity index (χ3v) is 3.13. The average Bonchev–Trinajstić information content (AvgIpc) is 2.45. The molecule has 110 valence electrons. The van der Waals surface area contributed by atoms with Crippen molar-refractivity contribution in [3.8, 4) is 0 Å². The number of aryl methyl sites for hydroxylation is 2. The van der Waals surface area contributed by atoms with E-state index >= 15 is 0 Å². The van der Waals surface area contributed by atoms with E-state index in [1.165, 1.54) is 0 Å². The highest BCUT2D eigenvalue weighted by Crippen LogP contribution is 2.14. The number of benzene rings is 1. The lowest BCUT2D eigenvalue weighted by molar-refractivity contribution is 0.0546. The molecule has 0 unspecified atom stereocenters. The molecule has 1 aromatic carbocycles. The molecule has 0 atom stereocenters. The van der Waals surface area contributed by atoms with Gasteiger partial charge in [-0.05, 0) is 32.0 Å². The van der Waals surface area contributed by atoms with Crippen molar-refractivity contribution in [2.24, 2.45) is 0 Å². The standard InChI is InChI=1S/C15H15ClN2O3/c1-4-18-13-6-5-11(15(20)21-8-9(2)16)7-12(13)17-10(3)14(18)19/h5-7H,2,4,8H2,1,3H3. The minimum Gasteiger partial charge on any atom is -0.456 e. The van der Waals surface area contributed by atoms with Gasteiger partial charge in [-0.15, -0.1) is 0 Å². The quantitative estimate of drug-likeness (QED) is 0.815. The number of carbonyl (C=O) groups is 1. The highest BCUT2D eigenvalue weighted by Gasteiger charge is 2.12. The molecule has 2 aromatic rings. The Morgan fingerprint density at radius 3 is 2.81 bits per heavy atom. The lowest BCUT2D eigenvalue weighted by atomic mass is 10.2. The van der Waals surface area contributed by atoms with Crippen LogP contribution in [0.4, 0.5) is 0 Å². The first-order chi connectivity index (χ1) is 9.93. The van der Waals surface area contributed by atoms with Crippen LogP contribution in [-0.2, 0) is 11.3 Å². The monoisotopic (exact) mass is 306 g/mol. The van der Waals surface area contributed by atoms with Crippen LogP contribution in [0, 0.1) is 6.92 Å². The van der Waals surface area contributed by atoms with Crippen LogP contribution in [0.25, 0.3) is 11.0 Å². The SMILES string of the molecule is C=C(Cl)COC(=O)c1ccc2c(c1)nc(C)c(=O)n2CC. The molecule has 0 saturated heterocycles. The molecule has 0 radical (unpaired) electrons. The van der Waals surface area contributed by atoms with E-state index in [-0.39, 0.29) is 17.2 Å². The van der Waals surface area contributed by atoms with Crippen LogP contribution in [0.15, 0.2) is 34.6 Å². The molecule has 0 fully saturated rings. The van der Waals surface area contributed by atoms with E-state index in [2.05, 4.69) is 11.6 Å². The Morgan fingerprint density at radius 1 is 1.48 bits per heavy atom. The molecule has 21 heavy (non-hydrogen) atoms. The number of rotatable bonds is 4. The Hall–Kier alpha value is -2.14. The first-order valence-corrected chi connectivity index (χ1v) is 6.83. The predicted octanol–water partition coefficient (Wildman–Crippen LogP) is 2.63. The van der Waals surface area contributed by atoms with Gasteiger partial charge in [-0.3, -0.25) is 4.79 Å². The zero-order valence-electron chi connectivity index (χ0n) is 11.9. The number of fused-ring (bicyclic) bond motifs is 1. The van der Waals surface area contributed by atoms with Crippen LogP contribution >= 0.6 is 11.6 Å². The first-order valence-electron chi connectivity index (χ1n) is 6.45. The van der Waals surface area contributed by atoms with E-state index in [4.69, 9.17) is 16.3 Å². The number of hydrogen-bond donors (Lipinski definition) is 0. The highest BCUT2D eigenvalue weighted by atomic mass is 35.5. The third-order valence-electron chi connectivity index (χ3n) is 3.02. The summed E-state index contributed by atoms with van der Waals surface area (Å²) in [7, 11) is 0. The number of halogens is 1. The van der Waals surface area contributed by atoms with Crippen LogP contribution < -0.4 is 5.56 Å². The van der Waals surface area contributed by atoms with E-state index in [1.807, 2.05) is 6.92 Å². The average molecular weight is 307 g/mol. The van der Waals surface area contributed by atoms with Gasteiger partial charge in [0.2, 0.25) is 0 Å². The van der Waals surface area contributed by atoms with Crippen molar-refractivity contribution in [1.82, 2.24) is 9.55 Å². The summed E-state index contributed by atoms with van der Waals surface area (Å²) >= 11 is 5.56. The molecule has 0 spiro atoms. The summed E-state index contributed by atoms with van der Waals surface area (Å²) in [6.07, 6.45) is 0. The Kier molecular flexibility index (Phi) is 4.43. The molecule has 2 rings (SSSR count). The molecule has 0 aliphatic carbocycles. The van der Waals surface area contributed by atoms with Gasteiger partial charge in [-0.2, -0.15) is 0 Å². The van der Waals surface area contributed by atoms with E-state index in [9.17, 15) is 9.59 Å². The van der Waals surface area contributed by atoms with Gasteiger partial charge in [-0.1, -0.05) is 18.2 Å². The second-order valence-corrected chi connectivity index (χ2v) is 5.08. The van der Waals surface area contributed by atoms with Crippen LogP contribution in [0.3, 0.4) is 0 Å². The van der Waals surface area contributed by atoms with Crippen molar-refractivity contribution in [3.63, 3.8) is 0 Å². The zero-order valence-corrected chi connectivity index (χ0v) is 12.6. The summed E-state index contributed by atoms with van der Waals surface area (Å²) in [5.74, 6) is -0.507. The fourth-order valence-corrected chi connectivity index (χ4v) is 2.10. The van der Waals surface area contributed by atoms with Crippen molar-refractivity contribution >= 4 is 28.6 Å². The maximum atomic E-state index is 12.0. The van der Waals surface area contributed by atoms with Crippen molar-refractivity contribution in [3.05, 3.63) is 51.4 Å². The summed E-state index contributed by atoms with van der Waals surface area (Å²) in [6.45, 7) is 7.48. The van der Waals surface area contributed by atoms with Gasteiger partial charge in [0.1, 0.15) is 12.3 Å². The van der Waals surface area contributed by atoms with Crippen LogP contribution in [0.5, 0.6) is 0 Å². The number of aromatic nitrogens is 2. The van der Waals surface area contributed by atoms with E-state index < -0.39 is 5.97 Å². The van der Waals surface area contributed by atoms with Gasteiger partial charge in [0.25, 0.3) is 5.56 Å². The largest absolute Gasteiger partial charge is 0.456 e. The Bertz CT molecular complexity index is 780. The molecule has 0 saturated carbocycles. The molecule has 1 aromatic heterocycles. The molecule has 0 amide bonds. The fraction of sp³-hybridized carbons (Fsp3) is 0.267. The molecule has 0 aliphatic heterocycles. The Labute approximate surface area is 126 Å². The highest BCUT2D eigenvalue weighted by molar-refractivity contribution is 6.29. The molecule has 1 heterocycles. The summed E-state index contributed by atoms with van der Waals surface area (Å²) in [4.78, 5) is 28.1. The van der Waals surface area contributed by atoms with Gasteiger partial charge < -0.3 is 9.30 Å². The minimum atomic E-state index is -0.507. The number of ether oxygens (including phenoxy) is 1. The predicted molar refractivity (Wildman–Crippen MR) is 81.7 cm³/mol. The van der Waals surface area contributed by atoms with E-state index in [0.717, 1.165) is 0 Å². The number of esters is 1. The summed E-state index contributed by atoms with van der Waals surface area (Å²) in [5.41, 5.74) is 1.89.